The quantitative estimate of drug-likeness (QED) is 0.237. The third-order valence-corrected chi connectivity index (χ3v) is 7.04. The molecule has 0 saturated carbocycles. The number of carbonyl (C=O) groups excluding carboxylic acids is 1. The van der Waals surface area contributed by atoms with Gasteiger partial charge in [-0.2, -0.15) is 4.98 Å². The number of likely N-dealkylation sites (N-methyl/N-ethyl adjacent to an activating group) is 2. The zero-order valence-electron chi connectivity index (χ0n) is 26.2. The van der Waals surface area contributed by atoms with Crippen molar-refractivity contribution in [3.8, 4) is 11.6 Å². The fraction of sp³-hybridized carbons (Fsp3) is 0.355. The first-order chi connectivity index (χ1) is 20.5. The maximum absolute atomic E-state index is 13.8. The molecule has 12 heteroatoms. The fourth-order valence-corrected chi connectivity index (χ4v) is 4.81. The molecule has 43 heavy (non-hydrogen) atoms. The van der Waals surface area contributed by atoms with Crippen LogP contribution in [-0.4, -0.2) is 85.3 Å². The highest BCUT2D eigenvalue weighted by Crippen LogP contribution is 2.38. The number of hydrogen-bond donors (Lipinski definition) is 2. The lowest BCUT2D eigenvalue weighted by Crippen LogP contribution is -2.29. The van der Waals surface area contributed by atoms with Gasteiger partial charge in [0.1, 0.15) is 5.75 Å². The number of nitrogens with zero attached hydrogens (tertiary/aromatic N) is 7. The van der Waals surface area contributed by atoms with E-state index in [0.29, 0.717) is 28.6 Å². The third kappa shape index (κ3) is 6.49. The van der Waals surface area contributed by atoms with Crippen molar-refractivity contribution in [2.24, 2.45) is 0 Å². The number of carbonyl (C=O) groups is 1. The van der Waals surface area contributed by atoms with Gasteiger partial charge in [-0.1, -0.05) is 18.7 Å². The maximum atomic E-state index is 13.8. The summed E-state index contributed by atoms with van der Waals surface area (Å²) in [5, 5.41) is 6.16. The Morgan fingerprint density at radius 2 is 1.74 bits per heavy atom. The van der Waals surface area contributed by atoms with E-state index in [-0.39, 0.29) is 23.6 Å². The van der Waals surface area contributed by atoms with Crippen molar-refractivity contribution < 1.29 is 9.53 Å². The summed E-state index contributed by atoms with van der Waals surface area (Å²) in [6.45, 7) is 9.09. The Morgan fingerprint density at radius 3 is 2.35 bits per heavy atom. The Hall–Kier alpha value is -4.84. The zero-order valence-corrected chi connectivity index (χ0v) is 26.2. The molecule has 0 spiro atoms. The highest BCUT2D eigenvalue weighted by Gasteiger charge is 2.22. The molecule has 0 aliphatic heterocycles. The van der Waals surface area contributed by atoms with Crippen molar-refractivity contribution in [1.82, 2.24) is 24.0 Å². The average Bonchev–Trinajstić information content (AvgIpc) is 3.27. The molecule has 228 valence electrons. The lowest BCUT2D eigenvalue weighted by molar-refractivity contribution is -0.111. The summed E-state index contributed by atoms with van der Waals surface area (Å²) in [5.41, 5.74) is 3.91. The summed E-state index contributed by atoms with van der Waals surface area (Å²) in [4.78, 5) is 41.6. The Balaban J connectivity index is 1.85. The molecule has 12 nitrogen and oxygen atoms in total. The molecule has 2 aromatic heterocycles. The van der Waals surface area contributed by atoms with Crippen LogP contribution in [0.2, 0.25) is 0 Å². The zero-order chi connectivity index (χ0) is 31.4. The molecule has 0 unspecified atom stereocenters. The number of para-hydroxylation sites is 2. The molecular formula is C31H41N9O3. The van der Waals surface area contributed by atoms with Crippen LogP contribution in [0, 0.1) is 0 Å². The number of amides is 1. The molecule has 0 atom stereocenters. The summed E-state index contributed by atoms with van der Waals surface area (Å²) < 4.78 is 9.12. The standard InChI is InChI=1S/C31H41N9O3/c1-10-28(41)33-21-17-22(27(43-9)18-25(21)38(8)16-15-36(4)5)34-30-32-19-26(37(6)7)29(35-30)40-24-14-12-11-13-23(24)39(20(2)3)31(40)42/h10-14,17-20H,1,15-16H2,2-9H3,(H,33,41)(H,32,34,35). The average molecular weight is 588 g/mol. The van der Waals surface area contributed by atoms with E-state index < -0.39 is 0 Å². The predicted molar refractivity (Wildman–Crippen MR) is 175 cm³/mol. The summed E-state index contributed by atoms with van der Waals surface area (Å²) in [7, 11) is 11.3. The van der Waals surface area contributed by atoms with Gasteiger partial charge in [-0.05, 0) is 52.2 Å². The minimum Gasteiger partial charge on any atom is -0.494 e. The second-order valence-electron chi connectivity index (χ2n) is 11.0. The van der Waals surface area contributed by atoms with Crippen LogP contribution in [0.4, 0.5) is 28.7 Å². The van der Waals surface area contributed by atoms with E-state index in [2.05, 4.69) is 27.1 Å². The second kappa shape index (κ2) is 13.0. The van der Waals surface area contributed by atoms with Gasteiger partial charge in [0, 0.05) is 46.3 Å². The summed E-state index contributed by atoms with van der Waals surface area (Å²) in [5.74, 6) is 0.871. The van der Waals surface area contributed by atoms with Gasteiger partial charge in [-0.15, -0.1) is 0 Å². The Labute approximate surface area is 252 Å². The Morgan fingerprint density at radius 1 is 1.05 bits per heavy atom. The molecule has 2 N–H and O–H groups in total. The maximum Gasteiger partial charge on any atom is 0.335 e. The van der Waals surface area contributed by atoms with Gasteiger partial charge in [0.25, 0.3) is 0 Å². The lowest BCUT2D eigenvalue weighted by Gasteiger charge is -2.26. The molecule has 2 heterocycles. The van der Waals surface area contributed by atoms with Gasteiger partial charge >= 0.3 is 5.69 Å². The van der Waals surface area contributed by atoms with Crippen molar-refractivity contribution in [2.75, 3.05) is 75.9 Å². The smallest absolute Gasteiger partial charge is 0.335 e. The monoisotopic (exact) mass is 587 g/mol. The van der Waals surface area contributed by atoms with Crippen LogP contribution in [0.15, 0.2) is 60.0 Å². The molecule has 0 fully saturated rings. The number of hydrogen-bond acceptors (Lipinski definition) is 9. The number of fused-ring (bicyclic) bond motifs is 1. The van der Waals surface area contributed by atoms with Crippen LogP contribution in [0.5, 0.6) is 5.75 Å². The van der Waals surface area contributed by atoms with Crippen LogP contribution < -0.4 is 30.9 Å². The molecular weight excluding hydrogens is 546 g/mol. The highest BCUT2D eigenvalue weighted by atomic mass is 16.5. The number of nitrogens with one attached hydrogen (secondary N) is 2. The van der Waals surface area contributed by atoms with Crippen molar-refractivity contribution in [3.05, 3.63) is 65.7 Å². The minimum atomic E-state index is -0.340. The van der Waals surface area contributed by atoms with Crippen LogP contribution in [0.25, 0.3) is 16.9 Å². The first kappa shape index (κ1) is 31.1. The van der Waals surface area contributed by atoms with E-state index in [1.165, 1.54) is 6.08 Å². The van der Waals surface area contributed by atoms with E-state index in [1.54, 1.807) is 28.5 Å². The molecule has 4 rings (SSSR count). The number of benzene rings is 2. The Bertz CT molecular complexity index is 1690. The van der Waals surface area contributed by atoms with Gasteiger partial charge in [0.15, 0.2) is 5.82 Å². The van der Waals surface area contributed by atoms with Crippen LogP contribution in [-0.2, 0) is 4.79 Å². The molecule has 1 amide bonds. The topological polar surface area (TPSA) is 113 Å². The fourth-order valence-electron chi connectivity index (χ4n) is 4.81. The van der Waals surface area contributed by atoms with Crippen molar-refractivity contribution in [3.63, 3.8) is 0 Å². The predicted octanol–water partition coefficient (Wildman–Crippen LogP) is 4.10. The number of ether oxygens (including phenoxy) is 1. The van der Waals surface area contributed by atoms with Crippen LogP contribution in [0.1, 0.15) is 19.9 Å². The van der Waals surface area contributed by atoms with E-state index in [9.17, 15) is 9.59 Å². The number of methoxy groups -OCH3 is 1. The van der Waals surface area contributed by atoms with Gasteiger partial charge < -0.3 is 30.1 Å². The highest BCUT2D eigenvalue weighted by molar-refractivity contribution is 6.02. The molecule has 2 aromatic carbocycles. The van der Waals surface area contributed by atoms with Gasteiger partial charge in [-0.25, -0.2) is 14.3 Å². The summed E-state index contributed by atoms with van der Waals surface area (Å²) in [6.07, 6.45) is 2.90. The van der Waals surface area contributed by atoms with Crippen LogP contribution >= 0.6 is 0 Å². The molecule has 4 aromatic rings. The number of rotatable bonds is 12. The molecule has 0 saturated heterocycles. The van der Waals surface area contributed by atoms with E-state index >= 15 is 0 Å². The number of aromatic nitrogens is 4. The molecule has 0 aliphatic carbocycles. The number of imidazole rings is 1. The Kier molecular flexibility index (Phi) is 9.40. The third-order valence-electron chi connectivity index (χ3n) is 7.04. The van der Waals surface area contributed by atoms with Crippen molar-refractivity contribution >= 4 is 45.6 Å². The summed E-state index contributed by atoms with van der Waals surface area (Å²) in [6, 6.07) is 11.2. The molecule has 0 aliphatic rings. The normalized spacial score (nSPS) is 11.2. The van der Waals surface area contributed by atoms with Crippen molar-refractivity contribution in [1.29, 1.82) is 0 Å². The van der Waals surface area contributed by atoms with Gasteiger partial charge in [0.2, 0.25) is 11.9 Å². The van der Waals surface area contributed by atoms with E-state index in [0.717, 1.165) is 29.8 Å². The SMILES string of the molecule is C=CC(=O)Nc1cc(Nc2ncc(N(C)C)c(-n3c(=O)n(C(C)C)c4ccccc43)n2)c(OC)cc1N(C)CCN(C)C. The first-order valence-electron chi connectivity index (χ1n) is 14.0. The first-order valence-corrected chi connectivity index (χ1v) is 14.0. The summed E-state index contributed by atoms with van der Waals surface area (Å²) >= 11 is 0. The second-order valence-corrected chi connectivity index (χ2v) is 11.0. The largest absolute Gasteiger partial charge is 0.494 e. The van der Waals surface area contributed by atoms with Crippen molar-refractivity contribution in [2.45, 2.75) is 19.9 Å². The van der Waals surface area contributed by atoms with E-state index in [1.807, 2.05) is 89.2 Å². The lowest BCUT2D eigenvalue weighted by atomic mass is 10.2. The van der Waals surface area contributed by atoms with Crippen LogP contribution in [0.3, 0.4) is 0 Å². The van der Waals surface area contributed by atoms with Gasteiger partial charge in [-0.3, -0.25) is 9.36 Å². The van der Waals surface area contributed by atoms with E-state index in [4.69, 9.17) is 9.72 Å². The van der Waals surface area contributed by atoms with Gasteiger partial charge in [0.05, 0.1) is 47.1 Å². The molecule has 0 radical (unpaired) electrons. The number of anilines is 5. The minimum absolute atomic E-state index is 0.0521. The molecule has 0 bridgehead atoms.